The standard InChI is InChI=1S/C21H29N3O2S/c1-3-26-19-7-4-17(5-8-19)6-9-20(25)23-21-22-18(15-27-21)14-24-12-10-16(2)11-13-24/h4-5,7-8,15-16H,3,6,9-14H2,1-2H3,(H,22,23,25). The molecule has 5 nitrogen and oxygen atoms in total. The fraction of sp³-hybridized carbons (Fsp3) is 0.524. The van der Waals surface area contributed by atoms with E-state index in [2.05, 4.69) is 27.5 Å². The topological polar surface area (TPSA) is 54.5 Å². The first-order valence-corrected chi connectivity index (χ1v) is 10.7. The molecule has 0 saturated carbocycles. The summed E-state index contributed by atoms with van der Waals surface area (Å²) in [7, 11) is 0. The number of benzene rings is 1. The van der Waals surface area contributed by atoms with E-state index in [1.165, 1.54) is 24.2 Å². The van der Waals surface area contributed by atoms with Gasteiger partial charge in [0.05, 0.1) is 12.3 Å². The predicted molar refractivity (Wildman–Crippen MR) is 110 cm³/mol. The summed E-state index contributed by atoms with van der Waals surface area (Å²) in [4.78, 5) is 19.2. The van der Waals surface area contributed by atoms with Crippen LogP contribution in [0.15, 0.2) is 29.6 Å². The smallest absolute Gasteiger partial charge is 0.226 e. The highest BCUT2D eigenvalue weighted by molar-refractivity contribution is 7.13. The van der Waals surface area contributed by atoms with Crippen molar-refractivity contribution in [3.05, 3.63) is 40.9 Å². The molecule has 0 bridgehead atoms. The largest absolute Gasteiger partial charge is 0.494 e. The van der Waals surface area contributed by atoms with Crippen LogP contribution in [0.4, 0.5) is 5.13 Å². The summed E-state index contributed by atoms with van der Waals surface area (Å²) in [6, 6.07) is 7.93. The highest BCUT2D eigenvalue weighted by Crippen LogP contribution is 2.21. The zero-order valence-electron chi connectivity index (χ0n) is 16.2. The normalized spacial score (nSPS) is 15.6. The number of hydrogen-bond acceptors (Lipinski definition) is 5. The SMILES string of the molecule is CCOc1ccc(CCC(=O)Nc2nc(CN3CCC(C)CC3)cs2)cc1. The Hall–Kier alpha value is -1.92. The maximum Gasteiger partial charge on any atom is 0.226 e. The number of thiazole rings is 1. The number of anilines is 1. The van der Waals surface area contributed by atoms with Gasteiger partial charge in [-0.3, -0.25) is 9.69 Å². The van der Waals surface area contributed by atoms with E-state index in [4.69, 9.17) is 4.74 Å². The van der Waals surface area contributed by atoms with Gasteiger partial charge in [0.15, 0.2) is 5.13 Å². The maximum absolute atomic E-state index is 12.2. The molecule has 2 heterocycles. The van der Waals surface area contributed by atoms with Crippen molar-refractivity contribution >= 4 is 22.4 Å². The third kappa shape index (κ3) is 6.33. The number of likely N-dealkylation sites (tertiary alicyclic amines) is 1. The van der Waals surface area contributed by atoms with E-state index in [0.717, 1.165) is 42.6 Å². The van der Waals surface area contributed by atoms with Crippen LogP contribution in [-0.2, 0) is 17.8 Å². The van der Waals surface area contributed by atoms with Gasteiger partial charge >= 0.3 is 0 Å². The molecule has 1 aromatic carbocycles. The van der Waals surface area contributed by atoms with E-state index in [-0.39, 0.29) is 5.91 Å². The number of nitrogens with one attached hydrogen (secondary N) is 1. The van der Waals surface area contributed by atoms with Gasteiger partial charge in [-0.2, -0.15) is 0 Å². The average Bonchev–Trinajstić information content (AvgIpc) is 3.10. The van der Waals surface area contributed by atoms with Crippen LogP contribution >= 0.6 is 11.3 Å². The molecule has 1 saturated heterocycles. The minimum atomic E-state index is 0.0107. The molecule has 6 heteroatoms. The molecule has 1 fully saturated rings. The first-order chi connectivity index (χ1) is 13.1. The minimum absolute atomic E-state index is 0.0107. The van der Waals surface area contributed by atoms with Crippen LogP contribution in [0.3, 0.4) is 0 Å². The number of aromatic nitrogens is 1. The van der Waals surface area contributed by atoms with E-state index in [9.17, 15) is 4.79 Å². The van der Waals surface area contributed by atoms with E-state index in [1.54, 1.807) is 0 Å². The second-order valence-corrected chi connectivity index (χ2v) is 8.09. The van der Waals surface area contributed by atoms with Crippen LogP contribution in [0.5, 0.6) is 5.75 Å². The zero-order chi connectivity index (χ0) is 19.1. The number of carbonyl (C=O) groups excluding carboxylic acids is 1. The molecule has 3 rings (SSSR count). The summed E-state index contributed by atoms with van der Waals surface area (Å²) >= 11 is 1.51. The van der Waals surface area contributed by atoms with Gasteiger partial charge in [-0.15, -0.1) is 11.3 Å². The molecule has 1 aliphatic heterocycles. The third-order valence-corrected chi connectivity index (χ3v) is 5.74. The second kappa shape index (κ2) is 9.85. The Kier molecular flexibility index (Phi) is 7.24. The van der Waals surface area contributed by atoms with Gasteiger partial charge in [-0.25, -0.2) is 4.98 Å². The van der Waals surface area contributed by atoms with Crippen LogP contribution in [0, 0.1) is 5.92 Å². The molecule has 27 heavy (non-hydrogen) atoms. The molecule has 2 aromatic rings. The summed E-state index contributed by atoms with van der Waals surface area (Å²) in [5.74, 6) is 1.71. The molecule has 0 atom stereocenters. The van der Waals surface area contributed by atoms with Crippen molar-refractivity contribution in [2.75, 3.05) is 25.0 Å². The summed E-state index contributed by atoms with van der Waals surface area (Å²) in [5.41, 5.74) is 2.18. The first-order valence-electron chi connectivity index (χ1n) is 9.80. The highest BCUT2D eigenvalue weighted by Gasteiger charge is 2.17. The van der Waals surface area contributed by atoms with Crippen molar-refractivity contribution in [1.29, 1.82) is 0 Å². The van der Waals surface area contributed by atoms with Crippen LogP contribution in [0.1, 0.15) is 44.4 Å². The Morgan fingerprint density at radius 2 is 2.04 bits per heavy atom. The van der Waals surface area contributed by atoms with Crippen LogP contribution in [0.25, 0.3) is 0 Å². The number of aryl methyl sites for hydroxylation is 1. The number of hydrogen-bond donors (Lipinski definition) is 1. The van der Waals surface area contributed by atoms with Gasteiger partial charge in [-0.1, -0.05) is 19.1 Å². The lowest BCUT2D eigenvalue weighted by Gasteiger charge is -2.29. The molecule has 0 unspecified atom stereocenters. The van der Waals surface area contributed by atoms with Crippen LogP contribution in [-0.4, -0.2) is 35.5 Å². The van der Waals surface area contributed by atoms with Gasteiger partial charge in [0.2, 0.25) is 5.91 Å². The van der Waals surface area contributed by atoms with E-state index in [0.29, 0.717) is 24.6 Å². The number of nitrogens with zero attached hydrogens (tertiary/aromatic N) is 2. The predicted octanol–water partition coefficient (Wildman–Crippen LogP) is 4.35. The van der Waals surface area contributed by atoms with Gasteiger partial charge in [0.1, 0.15) is 5.75 Å². The molecular formula is C21H29N3O2S. The second-order valence-electron chi connectivity index (χ2n) is 7.23. The molecule has 146 valence electrons. The lowest BCUT2D eigenvalue weighted by molar-refractivity contribution is -0.116. The Morgan fingerprint density at radius 1 is 1.30 bits per heavy atom. The van der Waals surface area contributed by atoms with Crippen molar-refractivity contribution in [1.82, 2.24) is 9.88 Å². The van der Waals surface area contributed by atoms with E-state index >= 15 is 0 Å². The summed E-state index contributed by atoms with van der Waals surface area (Å²) in [5, 5.41) is 5.69. The van der Waals surface area contributed by atoms with E-state index in [1.807, 2.05) is 31.2 Å². The number of ether oxygens (including phenoxy) is 1. The first kappa shape index (κ1) is 19.8. The number of amides is 1. The minimum Gasteiger partial charge on any atom is -0.494 e. The van der Waals surface area contributed by atoms with Crippen molar-refractivity contribution in [2.24, 2.45) is 5.92 Å². The lowest BCUT2D eigenvalue weighted by atomic mass is 9.99. The van der Waals surface area contributed by atoms with E-state index < -0.39 is 0 Å². The number of carbonyl (C=O) groups is 1. The fourth-order valence-electron chi connectivity index (χ4n) is 3.24. The summed E-state index contributed by atoms with van der Waals surface area (Å²) < 4.78 is 5.44. The third-order valence-electron chi connectivity index (χ3n) is 4.94. The number of rotatable bonds is 8. The molecule has 1 amide bonds. The summed E-state index contributed by atoms with van der Waals surface area (Å²) in [6.45, 7) is 8.11. The Bertz CT molecular complexity index is 721. The monoisotopic (exact) mass is 387 g/mol. The molecule has 1 N–H and O–H groups in total. The van der Waals surface area contributed by atoms with Gasteiger partial charge in [0.25, 0.3) is 0 Å². The zero-order valence-corrected chi connectivity index (χ0v) is 17.1. The maximum atomic E-state index is 12.2. The molecule has 1 aromatic heterocycles. The van der Waals surface area contributed by atoms with Crippen molar-refractivity contribution < 1.29 is 9.53 Å². The fourth-order valence-corrected chi connectivity index (χ4v) is 3.96. The van der Waals surface area contributed by atoms with Gasteiger partial charge in [-0.05, 0) is 62.9 Å². The molecule has 1 aliphatic rings. The van der Waals surface area contributed by atoms with Crippen molar-refractivity contribution in [3.8, 4) is 5.75 Å². The lowest BCUT2D eigenvalue weighted by Crippen LogP contribution is -2.32. The molecule has 0 aliphatic carbocycles. The Labute approximate surface area is 165 Å². The van der Waals surface area contributed by atoms with Gasteiger partial charge < -0.3 is 10.1 Å². The summed E-state index contributed by atoms with van der Waals surface area (Å²) in [6.07, 6.45) is 3.69. The quantitative estimate of drug-likeness (QED) is 0.732. The molecular weight excluding hydrogens is 358 g/mol. The Balaban J connectivity index is 1.42. The van der Waals surface area contributed by atoms with Crippen LogP contribution in [0.2, 0.25) is 0 Å². The Morgan fingerprint density at radius 3 is 2.74 bits per heavy atom. The molecule has 0 radical (unpaired) electrons. The van der Waals surface area contributed by atoms with Gasteiger partial charge in [0, 0.05) is 18.3 Å². The van der Waals surface area contributed by atoms with Crippen LogP contribution < -0.4 is 10.1 Å². The number of piperidine rings is 1. The average molecular weight is 388 g/mol. The molecule has 0 spiro atoms. The van der Waals surface area contributed by atoms with Crippen molar-refractivity contribution in [3.63, 3.8) is 0 Å². The van der Waals surface area contributed by atoms with Crippen molar-refractivity contribution in [2.45, 2.75) is 46.1 Å². The highest BCUT2D eigenvalue weighted by atomic mass is 32.1.